The molecule has 260 valence electrons. The van der Waals surface area contributed by atoms with Gasteiger partial charge in [-0.1, -0.05) is 103 Å². The van der Waals surface area contributed by atoms with Crippen LogP contribution in [0.5, 0.6) is 0 Å². The van der Waals surface area contributed by atoms with Crippen LogP contribution in [-0.2, 0) is 5.41 Å². The highest BCUT2D eigenvalue weighted by atomic mass is 32.1. The molecule has 0 atom stereocenters. The lowest BCUT2D eigenvalue weighted by molar-refractivity contribution is -0.00518. The van der Waals surface area contributed by atoms with E-state index in [0.29, 0.717) is 22.9 Å². The number of benzene rings is 6. The smallest absolute Gasteiger partial charge is 0.164 e. The molecule has 4 saturated carbocycles. The number of aromatic nitrogens is 4. The fraction of sp³-hybridized carbons (Fsp3) is 0.204. The van der Waals surface area contributed by atoms with Crippen molar-refractivity contribution in [2.75, 3.05) is 0 Å². The second-order valence-corrected chi connectivity index (χ2v) is 17.4. The molecular formula is C49H38N4S. The van der Waals surface area contributed by atoms with E-state index in [1.165, 1.54) is 80.5 Å². The monoisotopic (exact) mass is 714 g/mol. The lowest BCUT2D eigenvalue weighted by Crippen LogP contribution is -2.48. The molecule has 0 N–H and O–H groups in total. The molecule has 0 unspecified atom stereocenters. The van der Waals surface area contributed by atoms with Crippen molar-refractivity contribution in [3.63, 3.8) is 0 Å². The maximum atomic E-state index is 5.25. The van der Waals surface area contributed by atoms with Crippen molar-refractivity contribution in [1.29, 1.82) is 0 Å². The molecule has 0 amide bonds. The number of hydrogen-bond acceptors (Lipinski definition) is 4. The molecule has 4 bridgehead atoms. The highest BCUT2D eigenvalue weighted by Gasteiger charge is 2.51. The summed E-state index contributed by atoms with van der Waals surface area (Å²) in [5.41, 5.74) is 8.34. The zero-order valence-electron chi connectivity index (χ0n) is 30.0. The quantitative estimate of drug-likeness (QED) is 0.178. The Morgan fingerprint density at radius 3 is 1.72 bits per heavy atom. The van der Waals surface area contributed by atoms with Gasteiger partial charge in [0.2, 0.25) is 0 Å². The Labute approximate surface area is 318 Å². The Bertz CT molecular complexity index is 2880. The first-order chi connectivity index (χ1) is 26.6. The second kappa shape index (κ2) is 11.7. The summed E-state index contributed by atoms with van der Waals surface area (Å²) in [6.07, 6.45) is 8.46. The van der Waals surface area contributed by atoms with E-state index < -0.39 is 0 Å². The lowest BCUT2D eigenvalue weighted by Gasteiger charge is -2.57. The summed E-state index contributed by atoms with van der Waals surface area (Å²) in [5.74, 6) is 4.85. The molecule has 0 saturated heterocycles. The maximum absolute atomic E-state index is 5.25. The van der Waals surface area contributed by atoms with Crippen LogP contribution in [0.15, 0.2) is 140 Å². The van der Waals surface area contributed by atoms with Gasteiger partial charge in [-0.2, -0.15) is 0 Å². The topological polar surface area (TPSA) is 43.6 Å². The predicted molar refractivity (Wildman–Crippen MR) is 223 cm³/mol. The van der Waals surface area contributed by atoms with Gasteiger partial charge in [0.25, 0.3) is 0 Å². The summed E-state index contributed by atoms with van der Waals surface area (Å²) in [5, 5.41) is 5.01. The second-order valence-electron chi connectivity index (χ2n) is 16.3. The van der Waals surface area contributed by atoms with E-state index in [4.69, 9.17) is 15.0 Å². The fourth-order valence-corrected chi connectivity index (χ4v) is 12.2. The third-order valence-corrected chi connectivity index (χ3v) is 14.1. The van der Waals surface area contributed by atoms with Gasteiger partial charge >= 0.3 is 0 Å². The SMILES string of the molecule is c1ccc(-n2c3ccccc3c3ccc(-c4nc(-c5ccc(C67CC8CC(CC(C8)C6)C7)cc5)nc(-c5ccc6c(c5)sc5ccccc56)n4)cc32)cc1. The molecule has 4 aliphatic rings. The van der Waals surface area contributed by atoms with Crippen LogP contribution >= 0.6 is 11.3 Å². The van der Waals surface area contributed by atoms with E-state index in [1.54, 1.807) is 0 Å². The van der Waals surface area contributed by atoms with Gasteiger partial charge in [0.15, 0.2) is 17.5 Å². The molecule has 5 heteroatoms. The van der Waals surface area contributed by atoms with Crippen LogP contribution in [-0.4, -0.2) is 19.5 Å². The van der Waals surface area contributed by atoms with E-state index in [1.807, 2.05) is 11.3 Å². The Balaban J connectivity index is 1.02. The Hall–Kier alpha value is -5.65. The summed E-state index contributed by atoms with van der Waals surface area (Å²) in [6, 6.07) is 50.7. The average molecular weight is 715 g/mol. The van der Waals surface area contributed by atoms with Crippen molar-refractivity contribution in [2.24, 2.45) is 17.8 Å². The van der Waals surface area contributed by atoms with Gasteiger partial charge in [-0.25, -0.2) is 15.0 Å². The first-order valence-corrected chi connectivity index (χ1v) is 20.3. The van der Waals surface area contributed by atoms with E-state index in [-0.39, 0.29) is 0 Å². The highest BCUT2D eigenvalue weighted by Crippen LogP contribution is 2.60. The van der Waals surface area contributed by atoms with Gasteiger partial charge in [0.1, 0.15) is 0 Å². The third kappa shape index (κ3) is 4.77. The number of thiophene rings is 1. The van der Waals surface area contributed by atoms with Crippen LogP contribution in [0.4, 0.5) is 0 Å². The zero-order chi connectivity index (χ0) is 35.4. The van der Waals surface area contributed by atoms with Crippen LogP contribution < -0.4 is 0 Å². The average Bonchev–Trinajstić information content (AvgIpc) is 3.75. The molecule has 6 aromatic carbocycles. The summed E-state index contributed by atoms with van der Waals surface area (Å²) in [6.45, 7) is 0. The summed E-state index contributed by atoms with van der Waals surface area (Å²) in [4.78, 5) is 15.7. The Kier molecular flexibility index (Phi) is 6.65. The molecule has 3 aromatic heterocycles. The van der Waals surface area contributed by atoms with Crippen molar-refractivity contribution >= 4 is 53.3 Å². The van der Waals surface area contributed by atoms with Gasteiger partial charge in [0.05, 0.1) is 11.0 Å². The van der Waals surface area contributed by atoms with Crippen molar-refractivity contribution in [1.82, 2.24) is 19.5 Å². The van der Waals surface area contributed by atoms with Crippen molar-refractivity contribution in [3.8, 4) is 39.9 Å². The van der Waals surface area contributed by atoms with E-state index in [9.17, 15) is 0 Å². The van der Waals surface area contributed by atoms with E-state index in [0.717, 1.165) is 45.6 Å². The molecule has 4 aliphatic carbocycles. The minimum atomic E-state index is 0.356. The number of rotatable bonds is 5. The zero-order valence-corrected chi connectivity index (χ0v) is 30.8. The van der Waals surface area contributed by atoms with Crippen LogP contribution in [0.25, 0.3) is 81.8 Å². The minimum absolute atomic E-state index is 0.356. The van der Waals surface area contributed by atoms with E-state index in [2.05, 4.69) is 144 Å². The Morgan fingerprint density at radius 1 is 0.463 bits per heavy atom. The molecule has 4 fully saturated rings. The third-order valence-electron chi connectivity index (χ3n) is 13.0. The molecule has 3 heterocycles. The molecule has 0 radical (unpaired) electrons. The maximum Gasteiger partial charge on any atom is 0.164 e. The van der Waals surface area contributed by atoms with E-state index >= 15 is 0 Å². The molecule has 13 rings (SSSR count). The normalized spacial score (nSPS) is 21.9. The fourth-order valence-electron chi connectivity index (χ4n) is 11.0. The first kappa shape index (κ1) is 30.8. The molecule has 54 heavy (non-hydrogen) atoms. The van der Waals surface area contributed by atoms with Crippen LogP contribution in [0.1, 0.15) is 44.1 Å². The molecule has 4 nitrogen and oxygen atoms in total. The van der Waals surface area contributed by atoms with Crippen LogP contribution in [0.3, 0.4) is 0 Å². The largest absolute Gasteiger partial charge is 0.309 e. The predicted octanol–water partition coefficient (Wildman–Crippen LogP) is 12.8. The number of hydrogen-bond donors (Lipinski definition) is 0. The lowest BCUT2D eigenvalue weighted by atomic mass is 9.48. The molecule has 9 aromatic rings. The van der Waals surface area contributed by atoms with Gasteiger partial charge in [-0.15, -0.1) is 11.3 Å². The van der Waals surface area contributed by atoms with Gasteiger partial charge in [-0.05, 0) is 104 Å². The number of fused-ring (bicyclic) bond motifs is 6. The molecular weight excluding hydrogens is 677 g/mol. The Morgan fingerprint density at radius 2 is 1.00 bits per heavy atom. The highest BCUT2D eigenvalue weighted by molar-refractivity contribution is 7.25. The standard InChI is InChI=1S/C49H38N4S/c1-2-8-37(9-3-1)53-42-12-6-4-10-38(42)39-20-16-34(25-43(39)53)47-50-46(33-14-18-36(19-15-33)49-27-30-22-31(28-49)24-32(23-30)29-49)51-48(52-47)35-17-21-41-40-11-5-7-13-44(40)54-45(41)26-35/h1-21,25-26,30-32H,22-24,27-29H2. The van der Waals surface area contributed by atoms with Crippen LogP contribution in [0, 0.1) is 17.8 Å². The number of para-hydroxylation sites is 2. The van der Waals surface area contributed by atoms with Crippen molar-refractivity contribution < 1.29 is 0 Å². The number of nitrogens with zero attached hydrogens (tertiary/aromatic N) is 4. The van der Waals surface area contributed by atoms with Gasteiger partial charge < -0.3 is 4.57 Å². The van der Waals surface area contributed by atoms with Crippen molar-refractivity contribution in [2.45, 2.75) is 43.9 Å². The first-order valence-electron chi connectivity index (χ1n) is 19.5. The van der Waals surface area contributed by atoms with Gasteiger partial charge in [-0.3, -0.25) is 0 Å². The van der Waals surface area contributed by atoms with Crippen LogP contribution in [0.2, 0.25) is 0 Å². The minimum Gasteiger partial charge on any atom is -0.309 e. The molecule has 0 aliphatic heterocycles. The summed E-state index contributed by atoms with van der Waals surface area (Å²) >= 11 is 1.83. The van der Waals surface area contributed by atoms with Gasteiger partial charge in [0, 0.05) is 53.3 Å². The van der Waals surface area contributed by atoms with Crippen molar-refractivity contribution in [3.05, 3.63) is 145 Å². The summed E-state index contributed by atoms with van der Waals surface area (Å²) < 4.78 is 4.89. The molecule has 0 spiro atoms. The summed E-state index contributed by atoms with van der Waals surface area (Å²) in [7, 11) is 0.